The highest BCUT2D eigenvalue weighted by Gasteiger charge is 2.25. The minimum Gasteiger partial charge on any atom is -0.365 e. The van der Waals surface area contributed by atoms with E-state index in [1.807, 2.05) is 24.3 Å². The van der Waals surface area contributed by atoms with Crippen LogP contribution in [0, 0.1) is 0 Å². The van der Waals surface area contributed by atoms with Gasteiger partial charge in [0.15, 0.2) is 5.16 Å². The molecule has 4 rings (SSSR count). The molecule has 2 heterocycles. The summed E-state index contributed by atoms with van der Waals surface area (Å²) in [5.41, 5.74) is 9.12. The molecule has 3 aromatic rings. The summed E-state index contributed by atoms with van der Waals surface area (Å²) in [5.74, 6) is -0.389. The topological polar surface area (TPSA) is 90.0 Å². The van der Waals surface area contributed by atoms with Crippen molar-refractivity contribution in [3.63, 3.8) is 0 Å². The molecule has 6 nitrogen and oxygen atoms in total. The maximum atomic E-state index is 12.6. The quantitative estimate of drug-likeness (QED) is 0.600. The van der Waals surface area contributed by atoms with Crippen LogP contribution in [0.5, 0.6) is 0 Å². The molecule has 0 fully saturated rings. The van der Waals surface area contributed by atoms with Gasteiger partial charge >= 0.3 is 0 Å². The number of nitrogens with zero attached hydrogens (tertiary/aromatic N) is 2. The van der Waals surface area contributed by atoms with Crippen LogP contribution in [0.3, 0.4) is 0 Å². The number of aryl methyl sites for hydroxylation is 2. The summed E-state index contributed by atoms with van der Waals surface area (Å²) < 4.78 is 2.10. The number of para-hydroxylation sites is 2. The average molecular weight is 415 g/mol. The molecule has 0 unspecified atom stereocenters. The molecule has 0 saturated carbocycles. The second-order valence-electron chi connectivity index (χ2n) is 6.74. The van der Waals surface area contributed by atoms with Crippen molar-refractivity contribution in [3.05, 3.63) is 40.3 Å². The largest absolute Gasteiger partial charge is 0.365 e. The highest BCUT2D eigenvalue weighted by atomic mass is 32.2. The molecule has 0 bridgehead atoms. The van der Waals surface area contributed by atoms with Gasteiger partial charge in [-0.2, -0.15) is 0 Å². The normalized spacial score (nSPS) is 13.5. The standard InChI is InChI=1S/C20H22N4O2S2/c1-2-24-14-9-5-4-8-13(14)22-20(24)27-11-16(25)23-19-17(18(21)26)12-7-3-6-10-15(12)28-19/h4-5,8-9H,2-3,6-7,10-11H2,1H3,(H2,21,26)(H,23,25). The molecule has 0 aliphatic heterocycles. The Kier molecular flexibility index (Phi) is 5.41. The van der Waals surface area contributed by atoms with Crippen LogP contribution >= 0.6 is 23.1 Å². The van der Waals surface area contributed by atoms with Crippen LogP contribution in [0.1, 0.15) is 40.6 Å². The lowest BCUT2D eigenvalue weighted by Crippen LogP contribution is -2.19. The smallest absolute Gasteiger partial charge is 0.251 e. The average Bonchev–Trinajstić information content (AvgIpc) is 3.23. The Balaban J connectivity index is 1.50. The minimum absolute atomic E-state index is 0.152. The molecule has 1 aliphatic rings. The van der Waals surface area contributed by atoms with E-state index in [9.17, 15) is 9.59 Å². The fraction of sp³-hybridized carbons (Fsp3) is 0.350. The number of anilines is 1. The van der Waals surface area contributed by atoms with Crippen molar-refractivity contribution in [2.75, 3.05) is 11.1 Å². The number of benzene rings is 1. The van der Waals surface area contributed by atoms with Crippen molar-refractivity contribution in [1.29, 1.82) is 0 Å². The number of imidazole rings is 1. The molecule has 28 heavy (non-hydrogen) atoms. The first-order chi connectivity index (χ1) is 13.6. The van der Waals surface area contributed by atoms with E-state index in [1.165, 1.54) is 28.0 Å². The Labute approximate surface area is 171 Å². The number of fused-ring (bicyclic) bond motifs is 2. The molecule has 0 atom stereocenters. The van der Waals surface area contributed by atoms with Gasteiger partial charge in [-0.3, -0.25) is 9.59 Å². The van der Waals surface area contributed by atoms with Crippen LogP contribution in [0.4, 0.5) is 5.00 Å². The number of aromatic nitrogens is 2. The lowest BCUT2D eigenvalue weighted by atomic mass is 9.95. The molecule has 0 spiro atoms. The van der Waals surface area contributed by atoms with Crippen molar-refractivity contribution in [3.8, 4) is 0 Å². The van der Waals surface area contributed by atoms with Crippen LogP contribution in [0.25, 0.3) is 11.0 Å². The molecule has 2 aromatic heterocycles. The molecular formula is C20H22N4O2S2. The molecule has 1 aromatic carbocycles. The molecule has 3 N–H and O–H groups in total. The van der Waals surface area contributed by atoms with Crippen molar-refractivity contribution in [2.24, 2.45) is 5.73 Å². The maximum Gasteiger partial charge on any atom is 0.251 e. The van der Waals surface area contributed by atoms with Gasteiger partial charge in [-0.15, -0.1) is 11.3 Å². The molecule has 1 aliphatic carbocycles. The highest BCUT2D eigenvalue weighted by Crippen LogP contribution is 2.38. The first-order valence-corrected chi connectivity index (χ1v) is 11.2. The number of thioether (sulfide) groups is 1. The van der Waals surface area contributed by atoms with Crippen molar-refractivity contribution < 1.29 is 9.59 Å². The first-order valence-electron chi connectivity index (χ1n) is 9.40. The Morgan fingerprint density at radius 3 is 2.86 bits per heavy atom. The van der Waals surface area contributed by atoms with E-state index in [2.05, 4.69) is 21.8 Å². The van der Waals surface area contributed by atoms with Crippen LogP contribution in [-0.4, -0.2) is 27.1 Å². The Morgan fingerprint density at radius 1 is 1.29 bits per heavy atom. The summed E-state index contributed by atoms with van der Waals surface area (Å²) in [4.78, 5) is 30.3. The van der Waals surface area contributed by atoms with E-state index in [4.69, 9.17) is 5.73 Å². The number of hydrogen-bond acceptors (Lipinski definition) is 5. The number of thiophene rings is 1. The summed E-state index contributed by atoms with van der Waals surface area (Å²) in [6, 6.07) is 7.95. The molecular weight excluding hydrogens is 392 g/mol. The van der Waals surface area contributed by atoms with Crippen molar-refractivity contribution in [2.45, 2.75) is 44.3 Å². The predicted molar refractivity (Wildman–Crippen MR) is 114 cm³/mol. The molecule has 2 amide bonds. The van der Waals surface area contributed by atoms with E-state index in [-0.39, 0.29) is 11.7 Å². The molecule has 0 radical (unpaired) electrons. The van der Waals surface area contributed by atoms with Gasteiger partial charge in [-0.1, -0.05) is 23.9 Å². The SMILES string of the molecule is CCn1c(SCC(=O)Nc2sc3c(c2C(N)=O)CCCC3)nc2ccccc21. The number of primary amides is 1. The van der Waals surface area contributed by atoms with Crippen LogP contribution in [-0.2, 0) is 24.2 Å². The molecule has 8 heteroatoms. The van der Waals surface area contributed by atoms with Gasteiger partial charge in [0.25, 0.3) is 5.91 Å². The van der Waals surface area contributed by atoms with E-state index in [0.717, 1.165) is 54.0 Å². The summed E-state index contributed by atoms with van der Waals surface area (Å²) in [7, 11) is 0. The van der Waals surface area contributed by atoms with Gasteiger partial charge in [-0.05, 0) is 50.3 Å². The number of nitrogens with two attached hydrogens (primary N) is 1. The number of nitrogens with one attached hydrogen (secondary N) is 1. The lowest BCUT2D eigenvalue weighted by Gasteiger charge is -2.11. The predicted octanol–water partition coefficient (Wildman–Crippen LogP) is 3.83. The molecule has 0 saturated heterocycles. The van der Waals surface area contributed by atoms with Gasteiger partial charge in [0.05, 0.1) is 22.3 Å². The van der Waals surface area contributed by atoms with E-state index < -0.39 is 5.91 Å². The monoisotopic (exact) mass is 414 g/mol. The minimum atomic E-state index is -0.463. The third kappa shape index (κ3) is 3.54. The Bertz CT molecular complexity index is 1050. The van der Waals surface area contributed by atoms with Crippen LogP contribution < -0.4 is 11.1 Å². The lowest BCUT2D eigenvalue weighted by molar-refractivity contribution is -0.113. The van der Waals surface area contributed by atoms with Gasteiger partial charge in [0.1, 0.15) is 5.00 Å². The highest BCUT2D eigenvalue weighted by molar-refractivity contribution is 7.99. The zero-order chi connectivity index (χ0) is 19.7. The number of carbonyl (C=O) groups is 2. The zero-order valence-corrected chi connectivity index (χ0v) is 17.3. The van der Waals surface area contributed by atoms with Crippen molar-refractivity contribution >= 4 is 50.9 Å². The van der Waals surface area contributed by atoms with Crippen LogP contribution in [0.15, 0.2) is 29.4 Å². The van der Waals surface area contributed by atoms with Gasteiger partial charge in [0, 0.05) is 11.4 Å². The summed E-state index contributed by atoms with van der Waals surface area (Å²) in [6.07, 6.45) is 3.98. The fourth-order valence-corrected chi connectivity index (χ4v) is 5.87. The van der Waals surface area contributed by atoms with E-state index in [0.29, 0.717) is 10.6 Å². The Hall–Kier alpha value is -2.32. The van der Waals surface area contributed by atoms with E-state index >= 15 is 0 Å². The third-order valence-electron chi connectivity index (χ3n) is 4.94. The third-order valence-corrected chi connectivity index (χ3v) is 7.12. The van der Waals surface area contributed by atoms with Crippen LogP contribution in [0.2, 0.25) is 0 Å². The maximum absolute atomic E-state index is 12.6. The van der Waals surface area contributed by atoms with Gasteiger partial charge in [0.2, 0.25) is 5.91 Å². The van der Waals surface area contributed by atoms with Crippen molar-refractivity contribution in [1.82, 2.24) is 9.55 Å². The molecule has 146 valence electrons. The van der Waals surface area contributed by atoms with Gasteiger partial charge in [-0.25, -0.2) is 4.98 Å². The first kappa shape index (κ1) is 19.0. The van der Waals surface area contributed by atoms with E-state index in [1.54, 1.807) is 0 Å². The number of rotatable bonds is 6. The fourth-order valence-electron chi connectivity index (χ4n) is 3.68. The summed E-state index contributed by atoms with van der Waals surface area (Å²) in [5, 5.41) is 4.32. The number of amides is 2. The zero-order valence-electron chi connectivity index (χ0n) is 15.7. The number of hydrogen-bond donors (Lipinski definition) is 2. The number of carbonyl (C=O) groups excluding carboxylic acids is 2. The Morgan fingerprint density at radius 2 is 2.07 bits per heavy atom. The second kappa shape index (κ2) is 7.97. The second-order valence-corrected chi connectivity index (χ2v) is 8.79. The van der Waals surface area contributed by atoms with Gasteiger partial charge < -0.3 is 15.6 Å². The summed E-state index contributed by atoms with van der Waals surface area (Å²) in [6.45, 7) is 2.85. The summed E-state index contributed by atoms with van der Waals surface area (Å²) >= 11 is 2.89.